The number of nitrogens with zero attached hydrogens (tertiary/aromatic N) is 2. The molecule has 0 heterocycles. The summed E-state index contributed by atoms with van der Waals surface area (Å²) in [6.45, 7) is 10.1. The van der Waals surface area contributed by atoms with Crippen LogP contribution >= 0.6 is 0 Å². The van der Waals surface area contributed by atoms with Crippen molar-refractivity contribution < 1.29 is 34.9 Å². The summed E-state index contributed by atoms with van der Waals surface area (Å²) in [5.74, 6) is -1.88. The third kappa shape index (κ3) is 36.7. The van der Waals surface area contributed by atoms with Gasteiger partial charge in [0.05, 0.1) is 12.0 Å². The third-order valence-corrected chi connectivity index (χ3v) is 5.86. The molecule has 15 nitrogen and oxygen atoms in total. The number of rotatable bonds is 18. The summed E-state index contributed by atoms with van der Waals surface area (Å²) in [6.07, 6.45) is 8.05. The number of hydrogen-bond donors (Lipinski definition) is 8. The Bertz CT molecular complexity index is 807. The number of Topliss-reactive ketones (excluding diaryl/α,β-unsaturated/α-hetero) is 1. The maximum atomic E-state index is 11.8. The van der Waals surface area contributed by atoms with Gasteiger partial charge in [-0.15, -0.1) is 0 Å². The minimum Gasteiger partial charge on any atom is -0.481 e. The first-order valence-corrected chi connectivity index (χ1v) is 14.2. The third-order valence-electron chi connectivity index (χ3n) is 5.86. The number of aliphatic imine (C=N–C) groups is 2. The fraction of sp³-hybridized carbons (Fsp3) is 0.793. The molecule has 0 aliphatic carbocycles. The van der Waals surface area contributed by atoms with E-state index in [9.17, 15) is 19.2 Å². The molecule has 0 fully saturated rings. The monoisotopic (exact) mass is 639 g/mol. The zero-order chi connectivity index (χ0) is 32.4. The van der Waals surface area contributed by atoms with Gasteiger partial charge in [0.2, 0.25) is 5.91 Å². The van der Waals surface area contributed by atoms with E-state index in [1.165, 1.54) is 6.92 Å². The molecule has 1 amide bonds. The normalized spacial score (nSPS) is 12.7. The summed E-state index contributed by atoms with van der Waals surface area (Å²) < 4.78 is 0. The van der Waals surface area contributed by atoms with Crippen molar-refractivity contribution in [2.45, 2.75) is 126 Å². The summed E-state index contributed by atoms with van der Waals surface area (Å²) in [5.41, 5.74) is 26.6. The van der Waals surface area contributed by atoms with E-state index in [4.69, 9.17) is 38.9 Å². The number of carbonyl (C=O) groups is 4. The predicted octanol–water partition coefficient (Wildman–Crippen LogP) is 1.74. The highest BCUT2D eigenvalue weighted by atomic mass is 16.4. The van der Waals surface area contributed by atoms with E-state index in [2.05, 4.69) is 29.1 Å². The van der Waals surface area contributed by atoms with Gasteiger partial charge in [0.1, 0.15) is 11.8 Å². The van der Waals surface area contributed by atoms with Crippen molar-refractivity contribution in [2.75, 3.05) is 13.1 Å². The second kappa shape index (κ2) is 34.2. The van der Waals surface area contributed by atoms with Gasteiger partial charge in [0.15, 0.2) is 11.9 Å². The molecule has 0 aromatic carbocycles. The molecule has 0 saturated heterocycles. The molecular weight excluding hydrogens is 572 g/mol. The molecule has 0 rings (SSSR count). The van der Waals surface area contributed by atoms with Gasteiger partial charge >= 0.3 is 11.9 Å². The van der Waals surface area contributed by atoms with Crippen molar-refractivity contribution in [1.82, 2.24) is 5.32 Å². The molecule has 264 valence electrons. The van der Waals surface area contributed by atoms with Gasteiger partial charge in [-0.05, 0) is 45.4 Å². The molecule has 0 aliphatic heterocycles. The first-order valence-electron chi connectivity index (χ1n) is 14.2. The van der Waals surface area contributed by atoms with Crippen molar-refractivity contribution in [3.05, 3.63) is 0 Å². The quantitative estimate of drug-likeness (QED) is 0.0607. The average Bonchev–Trinajstić information content (AvgIpc) is 2.90. The van der Waals surface area contributed by atoms with Crippen molar-refractivity contribution in [1.29, 1.82) is 0 Å². The van der Waals surface area contributed by atoms with Crippen LogP contribution in [0.25, 0.3) is 0 Å². The number of ketones is 1. The fourth-order valence-corrected chi connectivity index (χ4v) is 2.92. The molecule has 0 aromatic rings. The van der Waals surface area contributed by atoms with Gasteiger partial charge in [0.25, 0.3) is 0 Å². The molecular formula is C29H66N8O7. The first kappa shape index (κ1) is 53.3. The fourth-order valence-electron chi connectivity index (χ4n) is 2.92. The Morgan fingerprint density at radius 3 is 1.52 bits per heavy atom. The van der Waals surface area contributed by atoms with Crippen LogP contribution in [0.5, 0.6) is 0 Å². The molecule has 15 heteroatoms. The van der Waals surface area contributed by atoms with E-state index >= 15 is 0 Å². The van der Waals surface area contributed by atoms with Crippen LogP contribution in [0.1, 0.15) is 114 Å². The molecule has 4 unspecified atom stereocenters. The van der Waals surface area contributed by atoms with Crippen LogP contribution in [0, 0.1) is 11.8 Å². The summed E-state index contributed by atoms with van der Waals surface area (Å²) in [4.78, 5) is 50.8. The minimum atomic E-state index is -1.00. The zero-order valence-corrected chi connectivity index (χ0v) is 26.1. The Kier molecular flexibility index (Phi) is 41.4. The van der Waals surface area contributed by atoms with Crippen molar-refractivity contribution in [2.24, 2.45) is 50.5 Å². The predicted molar refractivity (Wildman–Crippen MR) is 180 cm³/mol. The molecule has 0 aliphatic rings. The molecule has 0 aromatic heterocycles. The number of carboxylic acids is 2. The van der Waals surface area contributed by atoms with Crippen LogP contribution in [0.4, 0.5) is 0 Å². The van der Waals surface area contributed by atoms with E-state index < -0.39 is 24.0 Å². The van der Waals surface area contributed by atoms with Crippen molar-refractivity contribution in [3.63, 3.8) is 0 Å². The van der Waals surface area contributed by atoms with Crippen LogP contribution in [0.15, 0.2) is 9.98 Å². The van der Waals surface area contributed by atoms with Crippen LogP contribution < -0.4 is 34.0 Å². The molecule has 0 saturated carbocycles. The van der Waals surface area contributed by atoms with Crippen LogP contribution in [0.3, 0.4) is 0 Å². The lowest BCUT2D eigenvalue weighted by atomic mass is 10.0. The van der Waals surface area contributed by atoms with E-state index in [0.717, 1.165) is 38.5 Å². The Hall–Kier alpha value is -3.30. The van der Waals surface area contributed by atoms with Gasteiger partial charge < -0.3 is 44.4 Å². The molecule has 44 heavy (non-hydrogen) atoms. The Morgan fingerprint density at radius 1 is 0.705 bits per heavy atom. The number of hydrogen-bond acceptors (Lipinski definition) is 8. The highest BCUT2D eigenvalue weighted by Crippen LogP contribution is 2.07. The van der Waals surface area contributed by atoms with Gasteiger partial charge in [-0.2, -0.15) is 0 Å². The molecule has 0 radical (unpaired) electrons. The van der Waals surface area contributed by atoms with Crippen LogP contribution in [-0.4, -0.2) is 76.4 Å². The average molecular weight is 639 g/mol. The van der Waals surface area contributed by atoms with E-state index in [0.29, 0.717) is 38.8 Å². The lowest BCUT2D eigenvalue weighted by Gasteiger charge is -2.11. The molecule has 0 spiro atoms. The summed E-state index contributed by atoms with van der Waals surface area (Å²) in [7, 11) is 0. The topological polar surface area (TPSA) is 307 Å². The highest BCUT2D eigenvalue weighted by molar-refractivity contribution is 5.97. The number of carbonyl (C=O) groups excluding carboxylic acids is 2. The maximum absolute atomic E-state index is 11.8. The van der Waals surface area contributed by atoms with Gasteiger partial charge in [-0.1, -0.05) is 68.2 Å². The SMILES string of the molecule is C.C.CCCCC(C)C(=O)NC(N)=NCCCC(N)C(C)=O.CCCCC(C)C(=O)O.NC(N)=NCCCC(N)C(=O)O.O. The zero-order valence-electron chi connectivity index (χ0n) is 26.1. The van der Waals surface area contributed by atoms with E-state index in [1.807, 2.05) is 6.92 Å². The summed E-state index contributed by atoms with van der Waals surface area (Å²) in [5, 5.41) is 19.4. The van der Waals surface area contributed by atoms with Gasteiger partial charge in [-0.3, -0.25) is 34.5 Å². The number of amides is 1. The minimum absolute atomic E-state index is 0. The van der Waals surface area contributed by atoms with Gasteiger partial charge in [-0.25, -0.2) is 0 Å². The van der Waals surface area contributed by atoms with Gasteiger partial charge in [0, 0.05) is 19.0 Å². The van der Waals surface area contributed by atoms with Crippen molar-refractivity contribution >= 4 is 35.5 Å². The maximum Gasteiger partial charge on any atom is 0.320 e. The number of nitrogens with two attached hydrogens (primary N) is 5. The highest BCUT2D eigenvalue weighted by Gasteiger charge is 2.13. The van der Waals surface area contributed by atoms with E-state index in [1.54, 1.807) is 6.92 Å². The number of guanidine groups is 2. The molecule has 0 bridgehead atoms. The Balaban J connectivity index is -0.000000130. The Morgan fingerprint density at radius 2 is 1.14 bits per heavy atom. The summed E-state index contributed by atoms with van der Waals surface area (Å²) in [6, 6.07) is -1.26. The molecule has 4 atom stereocenters. The van der Waals surface area contributed by atoms with Crippen molar-refractivity contribution in [3.8, 4) is 0 Å². The number of unbranched alkanes of at least 4 members (excludes halogenated alkanes) is 2. The van der Waals surface area contributed by atoms with Crippen LogP contribution in [-0.2, 0) is 19.2 Å². The van der Waals surface area contributed by atoms with Crippen LogP contribution in [0.2, 0.25) is 0 Å². The largest absolute Gasteiger partial charge is 0.481 e. The number of carboxylic acid groups (broad SMARTS) is 2. The van der Waals surface area contributed by atoms with E-state index in [-0.39, 0.29) is 55.8 Å². The second-order valence-corrected chi connectivity index (χ2v) is 9.93. The Labute approximate surface area is 265 Å². The smallest absolute Gasteiger partial charge is 0.320 e. The number of aliphatic carboxylic acids is 2. The first-order chi connectivity index (χ1) is 19.1. The lowest BCUT2D eigenvalue weighted by Crippen LogP contribution is -2.40. The lowest BCUT2D eigenvalue weighted by molar-refractivity contribution is -0.141. The second-order valence-electron chi connectivity index (χ2n) is 9.93. The number of nitrogens with one attached hydrogen (secondary N) is 1. The molecule has 15 N–H and O–H groups in total. The summed E-state index contributed by atoms with van der Waals surface area (Å²) >= 11 is 0. The standard InChI is InChI=1S/C14H28N4O2.C7H14O2.C6H14N4O2.2CH4.H2O/c1-4-5-7-10(2)13(20)18-14(16)17-9-6-8-12(15)11(3)19;1-3-4-5-6(2)7(8)9;7-4(5(11)12)2-1-3-10-6(8)9;;;/h10,12H,4-9,15H2,1-3H3,(H3,16,17,18,20);6H,3-5H2,1-2H3,(H,8,9);4H,1-3,7H2,(H,11,12)(H4,8,9,10);2*1H4;1H2.